The zero-order valence-corrected chi connectivity index (χ0v) is 12.1. The molecule has 1 aromatic carbocycles. The highest BCUT2D eigenvalue weighted by Gasteiger charge is 2.28. The molecule has 0 spiro atoms. The molecule has 1 aliphatic carbocycles. The number of hydrogen-bond donors (Lipinski definition) is 2. The van der Waals surface area contributed by atoms with Gasteiger partial charge >= 0.3 is 5.97 Å². The van der Waals surface area contributed by atoms with E-state index in [2.05, 4.69) is 28.2 Å². The molecular formula is C14H18BrNO2. The molecular weight excluding hydrogens is 294 g/mol. The van der Waals surface area contributed by atoms with Crippen LogP contribution in [0.1, 0.15) is 43.0 Å². The zero-order valence-electron chi connectivity index (χ0n) is 10.5. The quantitative estimate of drug-likeness (QED) is 0.878. The molecule has 0 radical (unpaired) electrons. The molecule has 2 rings (SSSR count). The number of rotatable bonds is 4. The fourth-order valence-electron chi connectivity index (χ4n) is 2.54. The normalized spacial score (nSPS) is 17.7. The summed E-state index contributed by atoms with van der Waals surface area (Å²) in [5.74, 6) is -0.897. The molecule has 0 unspecified atom stereocenters. The van der Waals surface area contributed by atoms with E-state index in [4.69, 9.17) is 5.11 Å². The second-order valence-corrected chi connectivity index (χ2v) is 6.32. The number of benzene rings is 1. The van der Waals surface area contributed by atoms with E-state index < -0.39 is 5.97 Å². The number of carbonyl (C=O) groups is 1. The number of aromatic carboxylic acids is 1. The van der Waals surface area contributed by atoms with Crippen molar-refractivity contribution in [2.45, 2.75) is 32.6 Å². The number of hydrogen-bond acceptors (Lipinski definition) is 2. The first-order valence-corrected chi connectivity index (χ1v) is 7.06. The van der Waals surface area contributed by atoms with Gasteiger partial charge in [0.05, 0.1) is 5.56 Å². The van der Waals surface area contributed by atoms with Gasteiger partial charge in [0.15, 0.2) is 0 Å². The second-order valence-electron chi connectivity index (χ2n) is 5.41. The van der Waals surface area contributed by atoms with E-state index in [1.807, 2.05) is 6.07 Å². The lowest BCUT2D eigenvalue weighted by Gasteiger charge is -2.24. The molecule has 98 valence electrons. The molecule has 0 aliphatic heterocycles. The Balaban J connectivity index is 2.07. The molecule has 0 atom stereocenters. The molecule has 1 aromatic rings. The number of halogens is 1. The average Bonchev–Trinajstić information content (AvgIpc) is 2.73. The molecule has 1 aliphatic rings. The van der Waals surface area contributed by atoms with Crippen molar-refractivity contribution in [3.8, 4) is 0 Å². The van der Waals surface area contributed by atoms with Crippen molar-refractivity contribution in [3.63, 3.8) is 0 Å². The van der Waals surface area contributed by atoms with Crippen LogP contribution in [0.15, 0.2) is 22.7 Å². The molecule has 0 saturated heterocycles. The summed E-state index contributed by atoms with van der Waals surface area (Å²) in [4.78, 5) is 11.0. The van der Waals surface area contributed by atoms with Crippen LogP contribution in [0.3, 0.4) is 0 Å². The first-order valence-electron chi connectivity index (χ1n) is 6.26. The van der Waals surface area contributed by atoms with Crippen LogP contribution in [0.2, 0.25) is 0 Å². The molecule has 0 amide bonds. The first kappa shape index (κ1) is 13.4. The van der Waals surface area contributed by atoms with Crippen molar-refractivity contribution in [3.05, 3.63) is 28.2 Å². The van der Waals surface area contributed by atoms with Crippen molar-refractivity contribution in [1.82, 2.24) is 0 Å². The summed E-state index contributed by atoms with van der Waals surface area (Å²) >= 11 is 3.34. The van der Waals surface area contributed by atoms with E-state index in [9.17, 15) is 4.79 Å². The molecule has 2 N–H and O–H groups in total. The van der Waals surface area contributed by atoms with Crippen molar-refractivity contribution in [2.24, 2.45) is 5.41 Å². The Labute approximate surface area is 116 Å². The number of carboxylic acids is 1. The highest BCUT2D eigenvalue weighted by Crippen LogP contribution is 2.37. The SMILES string of the molecule is CC1(CNc2cc(Br)cc(C(=O)O)c2)CCCC1. The van der Waals surface area contributed by atoms with Gasteiger partial charge in [0.2, 0.25) is 0 Å². The second kappa shape index (κ2) is 5.31. The van der Waals surface area contributed by atoms with Crippen LogP contribution < -0.4 is 5.32 Å². The lowest BCUT2D eigenvalue weighted by Crippen LogP contribution is -2.23. The number of carboxylic acid groups (broad SMARTS) is 1. The lowest BCUT2D eigenvalue weighted by molar-refractivity contribution is 0.0697. The third-order valence-corrected chi connectivity index (χ3v) is 4.13. The van der Waals surface area contributed by atoms with E-state index >= 15 is 0 Å². The van der Waals surface area contributed by atoms with Gasteiger partial charge in [-0.1, -0.05) is 35.7 Å². The lowest BCUT2D eigenvalue weighted by atomic mass is 9.89. The van der Waals surface area contributed by atoms with Crippen molar-refractivity contribution >= 4 is 27.6 Å². The average molecular weight is 312 g/mol. The Morgan fingerprint density at radius 3 is 2.67 bits per heavy atom. The minimum atomic E-state index is -0.897. The summed E-state index contributed by atoms with van der Waals surface area (Å²) in [7, 11) is 0. The van der Waals surface area contributed by atoms with E-state index in [0.29, 0.717) is 11.0 Å². The summed E-state index contributed by atoms with van der Waals surface area (Å²) < 4.78 is 0.793. The van der Waals surface area contributed by atoms with E-state index in [1.165, 1.54) is 25.7 Å². The molecule has 18 heavy (non-hydrogen) atoms. The predicted molar refractivity (Wildman–Crippen MR) is 76.2 cm³/mol. The van der Waals surface area contributed by atoms with Crippen LogP contribution in [0.5, 0.6) is 0 Å². The van der Waals surface area contributed by atoms with Gasteiger partial charge in [0, 0.05) is 16.7 Å². The predicted octanol–water partition coefficient (Wildman–Crippen LogP) is 4.14. The zero-order chi connectivity index (χ0) is 13.2. The molecule has 0 aromatic heterocycles. The highest BCUT2D eigenvalue weighted by molar-refractivity contribution is 9.10. The smallest absolute Gasteiger partial charge is 0.335 e. The Morgan fingerprint density at radius 2 is 2.06 bits per heavy atom. The summed E-state index contributed by atoms with van der Waals surface area (Å²) in [5, 5.41) is 12.4. The summed E-state index contributed by atoms with van der Waals surface area (Å²) in [6.07, 6.45) is 5.10. The van der Waals surface area contributed by atoms with Gasteiger partial charge < -0.3 is 10.4 Å². The van der Waals surface area contributed by atoms with Crippen molar-refractivity contribution in [1.29, 1.82) is 0 Å². The largest absolute Gasteiger partial charge is 0.478 e. The Bertz CT molecular complexity index is 453. The third kappa shape index (κ3) is 3.25. The van der Waals surface area contributed by atoms with Crippen molar-refractivity contribution < 1.29 is 9.90 Å². The van der Waals surface area contributed by atoms with E-state index in [1.54, 1.807) is 12.1 Å². The van der Waals surface area contributed by atoms with Crippen LogP contribution in [-0.2, 0) is 0 Å². The summed E-state index contributed by atoms with van der Waals surface area (Å²) in [5.41, 5.74) is 1.53. The maximum atomic E-state index is 11.0. The van der Waals surface area contributed by atoms with Crippen LogP contribution in [0, 0.1) is 5.41 Å². The Morgan fingerprint density at radius 1 is 1.39 bits per heavy atom. The van der Waals surface area contributed by atoms with Gasteiger partial charge in [0.25, 0.3) is 0 Å². The van der Waals surface area contributed by atoms with Gasteiger partial charge in [-0.15, -0.1) is 0 Å². The molecule has 4 heteroatoms. The standard InChI is InChI=1S/C14H18BrNO2/c1-14(4-2-3-5-14)9-16-12-7-10(13(17)18)6-11(15)8-12/h6-8,16H,2-5,9H2,1H3,(H,17,18). The minimum Gasteiger partial charge on any atom is -0.478 e. The van der Waals surface area contributed by atoms with Gasteiger partial charge in [-0.25, -0.2) is 4.79 Å². The number of anilines is 1. The maximum Gasteiger partial charge on any atom is 0.335 e. The molecule has 1 fully saturated rings. The van der Waals surface area contributed by atoms with Gasteiger partial charge in [-0.2, -0.15) is 0 Å². The van der Waals surface area contributed by atoms with Gasteiger partial charge in [0.1, 0.15) is 0 Å². The van der Waals surface area contributed by atoms with Crippen LogP contribution >= 0.6 is 15.9 Å². The maximum absolute atomic E-state index is 11.0. The van der Waals surface area contributed by atoms with Crippen molar-refractivity contribution in [2.75, 3.05) is 11.9 Å². The Hall–Kier alpha value is -1.03. The van der Waals surface area contributed by atoms with Gasteiger partial charge in [-0.05, 0) is 36.5 Å². The summed E-state index contributed by atoms with van der Waals surface area (Å²) in [6.45, 7) is 3.20. The highest BCUT2D eigenvalue weighted by atomic mass is 79.9. The molecule has 0 bridgehead atoms. The molecule has 0 heterocycles. The van der Waals surface area contributed by atoms with E-state index in [0.717, 1.165) is 16.7 Å². The van der Waals surface area contributed by atoms with Crippen LogP contribution in [0.25, 0.3) is 0 Å². The molecule has 3 nitrogen and oxygen atoms in total. The first-order chi connectivity index (χ1) is 8.48. The van der Waals surface area contributed by atoms with Gasteiger partial charge in [-0.3, -0.25) is 0 Å². The summed E-state index contributed by atoms with van der Waals surface area (Å²) in [6, 6.07) is 5.22. The third-order valence-electron chi connectivity index (χ3n) is 3.67. The fraction of sp³-hybridized carbons (Fsp3) is 0.500. The fourth-order valence-corrected chi connectivity index (χ4v) is 3.03. The van der Waals surface area contributed by atoms with Crippen LogP contribution in [0.4, 0.5) is 5.69 Å². The minimum absolute atomic E-state index is 0.309. The topological polar surface area (TPSA) is 49.3 Å². The molecule has 1 saturated carbocycles. The Kier molecular flexibility index (Phi) is 3.95. The number of nitrogens with one attached hydrogen (secondary N) is 1. The van der Waals surface area contributed by atoms with E-state index in [-0.39, 0.29) is 0 Å². The monoisotopic (exact) mass is 311 g/mol. The van der Waals surface area contributed by atoms with Crippen LogP contribution in [-0.4, -0.2) is 17.6 Å².